The molecule has 0 spiro atoms. The van der Waals surface area contributed by atoms with Gasteiger partial charge in [-0.2, -0.15) is 0 Å². The zero-order valence-corrected chi connectivity index (χ0v) is 19.8. The molecular weight excluding hydrogens is 446 g/mol. The predicted molar refractivity (Wildman–Crippen MR) is 126 cm³/mol. The number of methoxy groups -OCH3 is 2. The van der Waals surface area contributed by atoms with Crippen molar-refractivity contribution in [2.45, 2.75) is 6.42 Å². The van der Waals surface area contributed by atoms with Crippen LogP contribution in [0.2, 0.25) is 0 Å². The second-order valence-electron chi connectivity index (χ2n) is 7.38. The van der Waals surface area contributed by atoms with E-state index in [4.69, 9.17) is 9.47 Å². The van der Waals surface area contributed by atoms with Crippen LogP contribution in [0.4, 0.5) is 11.4 Å². The Morgan fingerprint density at radius 2 is 1.68 bits per heavy atom. The number of aliphatic imine (C=N–C) groups is 1. The summed E-state index contributed by atoms with van der Waals surface area (Å²) < 4.78 is 13.0. The molecular formula is C21H31N7O6. The fourth-order valence-corrected chi connectivity index (χ4v) is 3.10. The molecule has 0 atom stereocenters. The van der Waals surface area contributed by atoms with Crippen LogP contribution in [0.5, 0.6) is 0 Å². The van der Waals surface area contributed by atoms with Crippen LogP contribution in [0.1, 0.15) is 27.4 Å². The first-order valence-electron chi connectivity index (χ1n) is 10.6. The minimum Gasteiger partial charge on any atom is -0.383 e. The standard InChI is InChI=1S/C21H31N7O6/c1-26-13-15(25-21(30)18-12-16(28(31)32)14-27(18)2)11-17(26)20(29)24-6-5-19(22-7-9-33-3)23-8-10-34-4/h11-14H,5-10H2,1-4H3,(H,22,23)(H,24,29)(H,25,30). The number of amides is 2. The summed E-state index contributed by atoms with van der Waals surface area (Å²) in [7, 11) is 6.45. The lowest BCUT2D eigenvalue weighted by atomic mass is 10.3. The van der Waals surface area contributed by atoms with E-state index in [2.05, 4.69) is 20.9 Å². The van der Waals surface area contributed by atoms with Gasteiger partial charge in [-0.05, 0) is 6.07 Å². The number of rotatable bonds is 13. The summed E-state index contributed by atoms with van der Waals surface area (Å²) in [6.07, 6.45) is 3.35. The summed E-state index contributed by atoms with van der Waals surface area (Å²) in [4.78, 5) is 40.0. The average molecular weight is 478 g/mol. The SMILES string of the molecule is COCCN=C(CCNC(=O)c1cc(NC(=O)c2cc([N+](=O)[O-])cn2C)cn1C)NCCOC. The highest BCUT2D eigenvalue weighted by Gasteiger charge is 2.19. The number of carbonyl (C=O) groups is 2. The molecule has 34 heavy (non-hydrogen) atoms. The third-order valence-corrected chi connectivity index (χ3v) is 4.81. The number of hydrogen-bond acceptors (Lipinski definition) is 7. The van der Waals surface area contributed by atoms with Crippen LogP contribution in [0, 0.1) is 10.1 Å². The Labute approximate surface area is 197 Å². The molecule has 2 heterocycles. The Hall–Kier alpha value is -3.71. The highest BCUT2D eigenvalue weighted by atomic mass is 16.6. The maximum Gasteiger partial charge on any atom is 0.287 e. The Kier molecular flexibility index (Phi) is 10.2. The molecule has 3 N–H and O–H groups in total. The second kappa shape index (κ2) is 13.1. The first kappa shape index (κ1) is 26.5. The molecule has 2 amide bonds. The van der Waals surface area contributed by atoms with Crippen LogP contribution < -0.4 is 16.0 Å². The normalized spacial score (nSPS) is 11.4. The number of nitrogens with zero attached hydrogens (tertiary/aromatic N) is 4. The molecule has 0 bridgehead atoms. The van der Waals surface area contributed by atoms with Gasteiger partial charge in [0.05, 0.1) is 42.4 Å². The zero-order chi connectivity index (χ0) is 25.1. The fraction of sp³-hybridized carbons (Fsp3) is 0.476. The molecule has 0 saturated heterocycles. The van der Waals surface area contributed by atoms with E-state index in [1.54, 1.807) is 39.1 Å². The van der Waals surface area contributed by atoms with E-state index >= 15 is 0 Å². The van der Waals surface area contributed by atoms with Gasteiger partial charge in [0.25, 0.3) is 17.5 Å². The maximum absolute atomic E-state index is 12.6. The van der Waals surface area contributed by atoms with Crippen molar-refractivity contribution in [3.05, 3.63) is 46.0 Å². The van der Waals surface area contributed by atoms with Crippen molar-refractivity contribution in [3.8, 4) is 0 Å². The van der Waals surface area contributed by atoms with Crippen molar-refractivity contribution in [2.75, 3.05) is 52.4 Å². The second-order valence-corrected chi connectivity index (χ2v) is 7.38. The highest BCUT2D eigenvalue weighted by Crippen LogP contribution is 2.18. The van der Waals surface area contributed by atoms with Crippen molar-refractivity contribution in [2.24, 2.45) is 19.1 Å². The van der Waals surface area contributed by atoms with Crippen LogP contribution in [-0.2, 0) is 23.6 Å². The van der Waals surface area contributed by atoms with E-state index in [9.17, 15) is 19.7 Å². The third kappa shape index (κ3) is 7.71. The molecule has 0 unspecified atom stereocenters. The van der Waals surface area contributed by atoms with Crippen molar-refractivity contribution in [3.63, 3.8) is 0 Å². The summed E-state index contributed by atoms with van der Waals surface area (Å²) in [5, 5.41) is 19.6. The lowest BCUT2D eigenvalue weighted by Gasteiger charge is -2.11. The van der Waals surface area contributed by atoms with Crippen LogP contribution >= 0.6 is 0 Å². The molecule has 13 heteroatoms. The van der Waals surface area contributed by atoms with Gasteiger partial charge in [-0.1, -0.05) is 0 Å². The predicted octanol–water partition coefficient (Wildman–Crippen LogP) is 0.925. The molecule has 0 fully saturated rings. The quantitative estimate of drug-likeness (QED) is 0.127. The minimum atomic E-state index is -0.567. The van der Waals surface area contributed by atoms with Gasteiger partial charge in [0.2, 0.25) is 0 Å². The molecule has 2 rings (SSSR count). The van der Waals surface area contributed by atoms with E-state index in [-0.39, 0.29) is 17.3 Å². The molecule has 13 nitrogen and oxygen atoms in total. The number of nitro groups is 1. The molecule has 0 aromatic carbocycles. The van der Waals surface area contributed by atoms with Crippen molar-refractivity contribution in [1.82, 2.24) is 19.8 Å². The summed E-state index contributed by atoms with van der Waals surface area (Å²) in [5.41, 5.74) is 0.688. The van der Waals surface area contributed by atoms with Gasteiger partial charge in [-0.15, -0.1) is 0 Å². The fourth-order valence-electron chi connectivity index (χ4n) is 3.10. The molecule has 0 aliphatic carbocycles. The first-order chi connectivity index (χ1) is 16.3. The molecule has 2 aromatic heterocycles. The van der Waals surface area contributed by atoms with Gasteiger partial charge < -0.3 is 34.6 Å². The third-order valence-electron chi connectivity index (χ3n) is 4.81. The van der Waals surface area contributed by atoms with Crippen LogP contribution in [0.25, 0.3) is 0 Å². The molecule has 0 aliphatic heterocycles. The Bertz CT molecular complexity index is 1030. The topological polar surface area (TPSA) is 154 Å². The number of amidine groups is 1. The number of nitrogens with one attached hydrogen (secondary N) is 3. The summed E-state index contributed by atoms with van der Waals surface area (Å²) in [6, 6.07) is 2.73. The number of aryl methyl sites for hydroxylation is 2. The van der Waals surface area contributed by atoms with Gasteiger partial charge in [0.15, 0.2) is 0 Å². The van der Waals surface area contributed by atoms with Crippen LogP contribution in [-0.4, -0.2) is 78.8 Å². The molecule has 0 saturated carbocycles. The summed E-state index contributed by atoms with van der Waals surface area (Å²) in [6.45, 7) is 2.48. The van der Waals surface area contributed by atoms with Gasteiger partial charge in [-0.25, -0.2) is 0 Å². The van der Waals surface area contributed by atoms with Crippen molar-refractivity contribution < 1.29 is 24.0 Å². The minimum absolute atomic E-state index is 0.128. The van der Waals surface area contributed by atoms with Crippen LogP contribution in [0.3, 0.4) is 0 Å². The number of hydrogen-bond donors (Lipinski definition) is 3. The Balaban J connectivity index is 1.95. The van der Waals surface area contributed by atoms with Gasteiger partial charge in [-0.3, -0.25) is 24.7 Å². The lowest BCUT2D eigenvalue weighted by Crippen LogP contribution is -2.33. The van der Waals surface area contributed by atoms with E-state index in [1.807, 2.05) is 0 Å². The van der Waals surface area contributed by atoms with E-state index < -0.39 is 10.8 Å². The maximum atomic E-state index is 12.6. The van der Waals surface area contributed by atoms with E-state index in [1.165, 1.54) is 22.9 Å². The highest BCUT2D eigenvalue weighted by molar-refractivity contribution is 6.04. The molecule has 186 valence electrons. The monoisotopic (exact) mass is 477 g/mol. The molecule has 2 aromatic rings. The number of carbonyl (C=O) groups excluding carboxylic acids is 2. The van der Waals surface area contributed by atoms with Crippen LogP contribution in [0.15, 0.2) is 29.5 Å². The first-order valence-corrected chi connectivity index (χ1v) is 10.6. The number of anilines is 1. The van der Waals surface area contributed by atoms with Gasteiger partial charge in [0.1, 0.15) is 11.4 Å². The average Bonchev–Trinajstić information content (AvgIpc) is 3.36. The van der Waals surface area contributed by atoms with Crippen molar-refractivity contribution in [1.29, 1.82) is 0 Å². The largest absolute Gasteiger partial charge is 0.383 e. The Morgan fingerprint density at radius 3 is 2.32 bits per heavy atom. The van der Waals surface area contributed by atoms with Gasteiger partial charge in [0, 0.05) is 60.1 Å². The van der Waals surface area contributed by atoms with E-state index in [0.29, 0.717) is 50.7 Å². The number of aromatic nitrogens is 2. The molecule has 0 aliphatic rings. The smallest absolute Gasteiger partial charge is 0.287 e. The zero-order valence-electron chi connectivity index (χ0n) is 19.8. The number of ether oxygens (including phenoxy) is 2. The van der Waals surface area contributed by atoms with Gasteiger partial charge >= 0.3 is 0 Å². The lowest BCUT2D eigenvalue weighted by molar-refractivity contribution is -0.384. The van der Waals surface area contributed by atoms with E-state index in [0.717, 1.165) is 5.84 Å². The van der Waals surface area contributed by atoms with Crippen molar-refractivity contribution >= 4 is 29.0 Å². The summed E-state index contributed by atoms with van der Waals surface area (Å²) in [5.74, 6) is -0.0938. The summed E-state index contributed by atoms with van der Waals surface area (Å²) >= 11 is 0. The molecule has 0 radical (unpaired) electrons. The Morgan fingerprint density at radius 1 is 1.00 bits per heavy atom.